The topological polar surface area (TPSA) is 125 Å². The third kappa shape index (κ3) is 4.28. The molecule has 1 N–H and O–H groups in total. The second-order valence-electron chi connectivity index (χ2n) is 5.22. The first-order valence-corrected chi connectivity index (χ1v) is 7.20. The number of ether oxygens (including phenoxy) is 1. The molecule has 0 fully saturated rings. The van der Waals surface area contributed by atoms with E-state index in [9.17, 15) is 25.0 Å². The summed E-state index contributed by atoms with van der Waals surface area (Å²) in [6, 6.07) is 9.40. The molecule has 0 unspecified atom stereocenters. The molecule has 0 aliphatic rings. The molecule has 2 aromatic carbocycles. The summed E-state index contributed by atoms with van der Waals surface area (Å²) in [5, 5.41) is 24.4. The first-order chi connectivity index (χ1) is 11.8. The van der Waals surface area contributed by atoms with E-state index in [0.29, 0.717) is 5.75 Å². The van der Waals surface area contributed by atoms with Crippen LogP contribution in [0.15, 0.2) is 42.5 Å². The summed E-state index contributed by atoms with van der Waals surface area (Å²) < 4.78 is 5.06. The molecule has 0 spiro atoms. The van der Waals surface area contributed by atoms with E-state index >= 15 is 0 Å². The van der Waals surface area contributed by atoms with Crippen LogP contribution in [0.2, 0.25) is 0 Å². The average molecular weight is 345 g/mol. The van der Waals surface area contributed by atoms with E-state index in [2.05, 4.69) is 5.32 Å². The van der Waals surface area contributed by atoms with Crippen molar-refractivity contribution in [3.05, 3.63) is 73.8 Å². The van der Waals surface area contributed by atoms with E-state index in [-0.39, 0.29) is 5.56 Å². The molecule has 0 bridgehead atoms. The molecule has 1 amide bonds. The van der Waals surface area contributed by atoms with Crippen LogP contribution >= 0.6 is 0 Å². The fourth-order valence-electron chi connectivity index (χ4n) is 2.19. The number of benzene rings is 2. The van der Waals surface area contributed by atoms with Crippen molar-refractivity contribution in [1.29, 1.82) is 0 Å². The number of nitrogens with one attached hydrogen (secondary N) is 1. The number of nitro benzene ring substituents is 2. The zero-order valence-corrected chi connectivity index (χ0v) is 13.5. The van der Waals surface area contributed by atoms with Gasteiger partial charge in [-0.3, -0.25) is 25.0 Å². The van der Waals surface area contributed by atoms with Gasteiger partial charge in [0, 0.05) is 12.1 Å². The third-order valence-electron chi connectivity index (χ3n) is 3.55. The maximum Gasteiger partial charge on any atom is 0.277 e. The van der Waals surface area contributed by atoms with Crippen molar-refractivity contribution in [2.45, 2.75) is 13.0 Å². The molecule has 2 rings (SSSR count). The van der Waals surface area contributed by atoms with Crippen molar-refractivity contribution in [1.82, 2.24) is 5.32 Å². The number of hydrogen-bond donors (Lipinski definition) is 1. The van der Waals surface area contributed by atoms with Crippen molar-refractivity contribution in [2.24, 2.45) is 0 Å². The average Bonchev–Trinajstić information content (AvgIpc) is 2.61. The second-order valence-corrected chi connectivity index (χ2v) is 5.22. The lowest BCUT2D eigenvalue weighted by atomic mass is 10.1. The Kier molecular flexibility index (Phi) is 5.28. The SMILES string of the molecule is COc1ccc([C@H](C)NC(=O)c2cc([N+](=O)[O-])cc([N+](=O)[O-])c2)cc1. The summed E-state index contributed by atoms with van der Waals surface area (Å²) in [7, 11) is 1.54. The first-order valence-electron chi connectivity index (χ1n) is 7.20. The van der Waals surface area contributed by atoms with Gasteiger partial charge in [0.05, 0.1) is 34.6 Å². The molecule has 130 valence electrons. The maximum absolute atomic E-state index is 12.3. The highest BCUT2D eigenvalue weighted by Crippen LogP contribution is 2.23. The molecular weight excluding hydrogens is 330 g/mol. The molecule has 0 aliphatic heterocycles. The standard InChI is InChI=1S/C16H15N3O6/c1-10(11-3-5-15(25-2)6-4-11)17-16(20)12-7-13(18(21)22)9-14(8-12)19(23)24/h3-10H,1-2H3,(H,17,20)/t10-/m0/s1. The van der Waals surface area contributed by atoms with Gasteiger partial charge in [0.2, 0.25) is 0 Å². The minimum atomic E-state index is -0.781. The molecule has 1 atom stereocenters. The lowest BCUT2D eigenvalue weighted by Gasteiger charge is -2.14. The predicted octanol–water partition coefficient (Wildman–Crippen LogP) is 3.00. The van der Waals surface area contributed by atoms with Crippen molar-refractivity contribution in [2.75, 3.05) is 7.11 Å². The number of nitrogens with zero attached hydrogens (tertiary/aromatic N) is 2. The Hall–Kier alpha value is -3.49. The Morgan fingerprint density at radius 2 is 1.56 bits per heavy atom. The molecule has 0 saturated heterocycles. The maximum atomic E-state index is 12.3. The summed E-state index contributed by atoms with van der Waals surface area (Å²) >= 11 is 0. The van der Waals surface area contributed by atoms with Crippen LogP contribution in [0.3, 0.4) is 0 Å². The van der Waals surface area contributed by atoms with E-state index in [1.165, 1.54) is 7.11 Å². The molecule has 9 heteroatoms. The van der Waals surface area contributed by atoms with Crippen LogP contribution in [-0.2, 0) is 0 Å². The smallest absolute Gasteiger partial charge is 0.277 e. The van der Waals surface area contributed by atoms with Crippen molar-refractivity contribution < 1.29 is 19.4 Å². The second kappa shape index (κ2) is 7.39. The van der Waals surface area contributed by atoms with Gasteiger partial charge in [0.25, 0.3) is 17.3 Å². The van der Waals surface area contributed by atoms with Crippen LogP contribution in [0.25, 0.3) is 0 Å². The summed E-state index contributed by atoms with van der Waals surface area (Å²) in [6.45, 7) is 1.73. The van der Waals surface area contributed by atoms with E-state index in [4.69, 9.17) is 4.74 Å². The molecule has 0 radical (unpaired) electrons. The minimum Gasteiger partial charge on any atom is -0.497 e. The lowest BCUT2D eigenvalue weighted by molar-refractivity contribution is -0.394. The summed E-state index contributed by atoms with van der Waals surface area (Å²) in [5.74, 6) is 0.0201. The highest BCUT2D eigenvalue weighted by molar-refractivity contribution is 5.95. The molecule has 9 nitrogen and oxygen atoms in total. The third-order valence-corrected chi connectivity index (χ3v) is 3.55. The van der Waals surface area contributed by atoms with Crippen molar-refractivity contribution >= 4 is 17.3 Å². The van der Waals surface area contributed by atoms with Gasteiger partial charge in [-0.05, 0) is 24.6 Å². The number of carbonyl (C=O) groups excluding carboxylic acids is 1. The number of non-ortho nitro benzene ring substituents is 2. The Morgan fingerprint density at radius 1 is 1.04 bits per heavy atom. The van der Waals surface area contributed by atoms with Gasteiger partial charge >= 0.3 is 0 Å². The molecular formula is C16H15N3O6. The zero-order chi connectivity index (χ0) is 18.6. The minimum absolute atomic E-state index is 0.152. The van der Waals surface area contributed by atoms with Gasteiger partial charge in [-0.25, -0.2) is 0 Å². The van der Waals surface area contributed by atoms with Crippen molar-refractivity contribution in [3.63, 3.8) is 0 Å². The first kappa shape index (κ1) is 17.9. The van der Waals surface area contributed by atoms with E-state index in [1.807, 2.05) is 0 Å². The number of carbonyl (C=O) groups is 1. The Morgan fingerprint density at radius 3 is 2.00 bits per heavy atom. The highest BCUT2D eigenvalue weighted by Gasteiger charge is 2.21. The number of nitro groups is 2. The quantitative estimate of drug-likeness (QED) is 0.634. The fourth-order valence-corrected chi connectivity index (χ4v) is 2.19. The summed E-state index contributed by atoms with van der Waals surface area (Å²) in [4.78, 5) is 32.5. The van der Waals surface area contributed by atoms with Gasteiger partial charge in [-0.1, -0.05) is 12.1 Å². The summed E-state index contributed by atoms with van der Waals surface area (Å²) in [5.41, 5.74) is -0.400. The van der Waals surface area contributed by atoms with E-state index in [0.717, 1.165) is 23.8 Å². The van der Waals surface area contributed by atoms with Gasteiger partial charge in [0.1, 0.15) is 5.75 Å². The van der Waals surface area contributed by atoms with Crippen LogP contribution in [0.4, 0.5) is 11.4 Å². The molecule has 25 heavy (non-hydrogen) atoms. The van der Waals surface area contributed by atoms with Crippen molar-refractivity contribution in [3.8, 4) is 5.75 Å². The molecule has 0 heterocycles. The van der Waals surface area contributed by atoms with Crippen LogP contribution < -0.4 is 10.1 Å². The number of methoxy groups -OCH3 is 1. The lowest BCUT2D eigenvalue weighted by Crippen LogP contribution is -2.26. The van der Waals surface area contributed by atoms with Crippen LogP contribution in [0.5, 0.6) is 5.75 Å². The van der Waals surface area contributed by atoms with Crippen LogP contribution in [-0.4, -0.2) is 22.9 Å². The van der Waals surface area contributed by atoms with Gasteiger partial charge in [0.15, 0.2) is 0 Å². The molecule has 0 saturated carbocycles. The largest absolute Gasteiger partial charge is 0.497 e. The van der Waals surface area contributed by atoms with Crippen LogP contribution in [0, 0.1) is 20.2 Å². The number of rotatable bonds is 6. The zero-order valence-electron chi connectivity index (χ0n) is 13.5. The molecule has 2 aromatic rings. The fraction of sp³-hybridized carbons (Fsp3) is 0.188. The van der Waals surface area contributed by atoms with Gasteiger partial charge in [-0.15, -0.1) is 0 Å². The monoisotopic (exact) mass is 345 g/mol. The molecule has 0 aromatic heterocycles. The predicted molar refractivity (Wildman–Crippen MR) is 88.6 cm³/mol. The van der Waals surface area contributed by atoms with Gasteiger partial charge in [-0.2, -0.15) is 0 Å². The Balaban J connectivity index is 2.24. The van der Waals surface area contributed by atoms with E-state index < -0.39 is 33.2 Å². The number of amides is 1. The van der Waals surface area contributed by atoms with Gasteiger partial charge < -0.3 is 10.1 Å². The highest BCUT2D eigenvalue weighted by atomic mass is 16.6. The van der Waals surface area contributed by atoms with E-state index in [1.54, 1.807) is 31.2 Å². The number of hydrogen-bond acceptors (Lipinski definition) is 6. The van der Waals surface area contributed by atoms with Crippen LogP contribution in [0.1, 0.15) is 28.9 Å². The normalized spacial score (nSPS) is 11.4. The summed E-state index contributed by atoms with van der Waals surface area (Å²) in [6.07, 6.45) is 0. The Labute approximate surface area is 142 Å². The molecule has 0 aliphatic carbocycles. The Bertz CT molecular complexity index is 787.